The van der Waals surface area contributed by atoms with Gasteiger partial charge < -0.3 is 15.1 Å². The second-order valence-corrected chi connectivity index (χ2v) is 9.62. The van der Waals surface area contributed by atoms with E-state index in [1.807, 2.05) is 0 Å². The van der Waals surface area contributed by atoms with Crippen molar-refractivity contribution in [1.29, 1.82) is 0 Å². The number of hydrogen-bond acceptors (Lipinski definition) is 5. The van der Waals surface area contributed by atoms with Gasteiger partial charge in [0.25, 0.3) is 0 Å². The first-order chi connectivity index (χ1) is 12.8. The van der Waals surface area contributed by atoms with E-state index in [0.717, 1.165) is 44.6 Å². The fraction of sp³-hybridized carbons (Fsp3) is 0.632. The molecular formula is C19H30N4O3S. The third-order valence-corrected chi connectivity index (χ3v) is 6.77. The summed E-state index contributed by atoms with van der Waals surface area (Å²) in [4.78, 5) is 17.2. The molecule has 1 amide bonds. The van der Waals surface area contributed by atoms with Gasteiger partial charge in [-0.25, -0.2) is 12.7 Å². The highest BCUT2D eigenvalue weighted by molar-refractivity contribution is 7.88. The summed E-state index contributed by atoms with van der Waals surface area (Å²) < 4.78 is 24.8. The Morgan fingerprint density at radius 2 is 1.78 bits per heavy atom. The maximum absolute atomic E-state index is 12.4. The number of hydrogen-bond donors (Lipinski definition) is 1. The van der Waals surface area contributed by atoms with E-state index in [4.69, 9.17) is 0 Å². The number of carbonyl (C=O) groups is 1. The highest BCUT2D eigenvalue weighted by Gasteiger charge is 2.29. The molecule has 2 saturated heterocycles. The average Bonchev–Trinajstić information content (AvgIpc) is 2.66. The third kappa shape index (κ3) is 5.43. The van der Waals surface area contributed by atoms with E-state index < -0.39 is 10.0 Å². The lowest BCUT2D eigenvalue weighted by Gasteiger charge is -2.34. The predicted molar refractivity (Wildman–Crippen MR) is 107 cm³/mol. The number of carbonyl (C=O) groups excluding carboxylic acids is 1. The number of sulfonamides is 1. The van der Waals surface area contributed by atoms with Crippen molar-refractivity contribution in [3.8, 4) is 0 Å². The monoisotopic (exact) mass is 394 g/mol. The zero-order chi connectivity index (χ0) is 19.4. The van der Waals surface area contributed by atoms with E-state index in [2.05, 4.69) is 46.4 Å². The third-order valence-electron chi connectivity index (χ3n) is 5.50. The molecule has 1 aromatic rings. The Kier molecular flexibility index (Phi) is 6.39. The van der Waals surface area contributed by atoms with Gasteiger partial charge >= 0.3 is 0 Å². The number of amides is 1. The molecule has 2 fully saturated rings. The van der Waals surface area contributed by atoms with Gasteiger partial charge in [-0.15, -0.1) is 0 Å². The van der Waals surface area contributed by atoms with Crippen LogP contribution in [0.1, 0.15) is 18.4 Å². The van der Waals surface area contributed by atoms with Gasteiger partial charge in [-0.3, -0.25) is 4.79 Å². The fourth-order valence-corrected chi connectivity index (χ4v) is 4.59. The zero-order valence-corrected chi connectivity index (χ0v) is 17.0. The largest absolute Gasteiger partial charge is 0.369 e. The van der Waals surface area contributed by atoms with Crippen LogP contribution in [0.2, 0.25) is 0 Å². The molecule has 0 aliphatic carbocycles. The number of piperazine rings is 1. The standard InChI is InChI=1S/C19H30N4O3S/c1-21-10-12-22(13-11-21)18-7-5-16(6-8-18)14-20-19(24)17-4-3-9-23(15-17)27(2,25)26/h5-8,17H,3-4,9-15H2,1-2H3,(H,20,24)/t17-/m1/s1. The molecule has 0 radical (unpaired) electrons. The number of rotatable bonds is 5. The van der Waals surface area contributed by atoms with Gasteiger partial charge in [0, 0.05) is 51.5 Å². The van der Waals surface area contributed by atoms with Crippen molar-refractivity contribution in [2.24, 2.45) is 5.92 Å². The molecule has 150 valence electrons. The quantitative estimate of drug-likeness (QED) is 0.797. The maximum atomic E-state index is 12.4. The molecule has 2 aliphatic rings. The highest BCUT2D eigenvalue weighted by Crippen LogP contribution is 2.20. The molecule has 0 bridgehead atoms. The van der Waals surface area contributed by atoms with Gasteiger partial charge in [-0.1, -0.05) is 12.1 Å². The van der Waals surface area contributed by atoms with Crippen LogP contribution in [0.4, 0.5) is 5.69 Å². The molecule has 3 rings (SSSR count). The van der Waals surface area contributed by atoms with Crippen molar-refractivity contribution < 1.29 is 13.2 Å². The minimum atomic E-state index is -3.23. The first kappa shape index (κ1) is 20.1. The van der Waals surface area contributed by atoms with Crippen LogP contribution in [0.3, 0.4) is 0 Å². The average molecular weight is 395 g/mol. The first-order valence-corrected chi connectivity index (χ1v) is 11.4. The van der Waals surface area contributed by atoms with Crippen LogP contribution in [0.25, 0.3) is 0 Å². The van der Waals surface area contributed by atoms with Crippen molar-refractivity contribution in [2.45, 2.75) is 19.4 Å². The van der Waals surface area contributed by atoms with Crippen molar-refractivity contribution in [2.75, 3.05) is 57.5 Å². The van der Waals surface area contributed by atoms with Gasteiger partial charge in [0.2, 0.25) is 15.9 Å². The smallest absolute Gasteiger partial charge is 0.224 e. The Bertz CT molecular complexity index is 743. The molecule has 7 nitrogen and oxygen atoms in total. The number of benzene rings is 1. The Labute approximate surface area is 162 Å². The fourth-order valence-electron chi connectivity index (χ4n) is 3.68. The second-order valence-electron chi connectivity index (χ2n) is 7.63. The van der Waals surface area contributed by atoms with E-state index in [0.29, 0.717) is 13.1 Å². The SMILES string of the molecule is CN1CCN(c2ccc(CNC(=O)[C@@H]3CCCN(S(C)(=O)=O)C3)cc2)CC1. The summed E-state index contributed by atoms with van der Waals surface area (Å²) in [6.07, 6.45) is 2.67. The molecule has 8 heteroatoms. The highest BCUT2D eigenvalue weighted by atomic mass is 32.2. The van der Waals surface area contributed by atoms with Crippen LogP contribution in [0, 0.1) is 5.92 Å². The molecule has 0 saturated carbocycles. The van der Waals surface area contributed by atoms with Gasteiger partial charge in [0.15, 0.2) is 0 Å². The molecule has 2 aliphatic heterocycles. The van der Waals surface area contributed by atoms with Crippen molar-refractivity contribution in [1.82, 2.24) is 14.5 Å². The van der Waals surface area contributed by atoms with E-state index in [9.17, 15) is 13.2 Å². The van der Waals surface area contributed by atoms with Crippen LogP contribution in [0.5, 0.6) is 0 Å². The van der Waals surface area contributed by atoms with Crippen LogP contribution >= 0.6 is 0 Å². The summed E-state index contributed by atoms with van der Waals surface area (Å²) in [5, 5.41) is 2.96. The molecule has 0 aromatic heterocycles. The normalized spacial score (nSPS) is 22.6. The van der Waals surface area contributed by atoms with Crippen molar-refractivity contribution in [3.63, 3.8) is 0 Å². The Hall–Kier alpha value is -1.64. The molecule has 1 atom stereocenters. The van der Waals surface area contributed by atoms with Gasteiger partial charge in [0.1, 0.15) is 0 Å². The van der Waals surface area contributed by atoms with Crippen LogP contribution in [-0.2, 0) is 21.4 Å². The van der Waals surface area contributed by atoms with Crippen LogP contribution in [0.15, 0.2) is 24.3 Å². The number of nitrogens with zero attached hydrogens (tertiary/aromatic N) is 3. The number of nitrogens with one attached hydrogen (secondary N) is 1. The zero-order valence-electron chi connectivity index (χ0n) is 16.2. The number of piperidine rings is 1. The summed E-state index contributed by atoms with van der Waals surface area (Å²) in [7, 11) is -1.09. The summed E-state index contributed by atoms with van der Waals surface area (Å²) in [6, 6.07) is 8.33. The summed E-state index contributed by atoms with van der Waals surface area (Å²) >= 11 is 0. The Morgan fingerprint density at radius 3 is 2.41 bits per heavy atom. The lowest BCUT2D eigenvalue weighted by atomic mass is 9.98. The maximum Gasteiger partial charge on any atom is 0.224 e. The van der Waals surface area contributed by atoms with Gasteiger partial charge in [0.05, 0.1) is 12.2 Å². The molecular weight excluding hydrogens is 364 g/mol. The van der Waals surface area contributed by atoms with Crippen molar-refractivity contribution >= 4 is 21.6 Å². The molecule has 27 heavy (non-hydrogen) atoms. The number of anilines is 1. The minimum absolute atomic E-state index is 0.0634. The first-order valence-electron chi connectivity index (χ1n) is 9.58. The van der Waals surface area contributed by atoms with E-state index in [1.165, 1.54) is 16.2 Å². The predicted octanol–water partition coefficient (Wildman–Crippen LogP) is 0.726. The van der Waals surface area contributed by atoms with Gasteiger partial charge in [-0.05, 0) is 37.6 Å². The lowest BCUT2D eigenvalue weighted by Crippen LogP contribution is -2.45. The van der Waals surface area contributed by atoms with E-state index >= 15 is 0 Å². The number of likely N-dealkylation sites (N-methyl/N-ethyl adjacent to an activating group) is 1. The minimum Gasteiger partial charge on any atom is -0.369 e. The lowest BCUT2D eigenvalue weighted by molar-refractivity contribution is -0.126. The van der Waals surface area contributed by atoms with Crippen LogP contribution < -0.4 is 10.2 Å². The van der Waals surface area contributed by atoms with Crippen molar-refractivity contribution in [3.05, 3.63) is 29.8 Å². The molecule has 0 spiro atoms. The second kappa shape index (κ2) is 8.58. The summed E-state index contributed by atoms with van der Waals surface area (Å²) in [6.45, 7) is 5.48. The van der Waals surface area contributed by atoms with Gasteiger partial charge in [-0.2, -0.15) is 0 Å². The Morgan fingerprint density at radius 1 is 1.11 bits per heavy atom. The molecule has 2 heterocycles. The molecule has 0 unspecified atom stereocenters. The molecule has 1 N–H and O–H groups in total. The van der Waals surface area contributed by atoms with Crippen LogP contribution in [-0.4, -0.2) is 76.1 Å². The summed E-state index contributed by atoms with van der Waals surface area (Å²) in [5.74, 6) is -0.329. The van der Waals surface area contributed by atoms with E-state index in [-0.39, 0.29) is 18.4 Å². The van der Waals surface area contributed by atoms with E-state index in [1.54, 1.807) is 0 Å². The summed E-state index contributed by atoms with van der Waals surface area (Å²) in [5.41, 5.74) is 2.27. The Balaban J connectivity index is 1.50. The molecule has 1 aromatic carbocycles. The topological polar surface area (TPSA) is 73.0 Å².